The predicted molar refractivity (Wildman–Crippen MR) is 122 cm³/mol. The third-order valence-electron chi connectivity index (χ3n) is 7.07. The van der Waals surface area contributed by atoms with Crippen LogP contribution >= 0.6 is 11.6 Å². The maximum Gasteiger partial charge on any atom is 0.231 e. The molecular weight excluding hydrogens is 410 g/mol. The van der Waals surface area contributed by atoms with Gasteiger partial charge in [0.05, 0.1) is 0 Å². The second-order valence-corrected chi connectivity index (χ2v) is 9.65. The van der Waals surface area contributed by atoms with E-state index in [1.807, 2.05) is 30.6 Å². The molecule has 1 saturated heterocycles. The van der Waals surface area contributed by atoms with E-state index in [9.17, 15) is 0 Å². The number of halogens is 1. The van der Waals surface area contributed by atoms with Crippen molar-refractivity contribution in [3.63, 3.8) is 0 Å². The lowest BCUT2D eigenvalue weighted by atomic mass is 9.94. The van der Waals surface area contributed by atoms with E-state index in [4.69, 9.17) is 21.1 Å². The van der Waals surface area contributed by atoms with Crippen LogP contribution in [0.2, 0.25) is 5.02 Å². The molecule has 1 aliphatic carbocycles. The topological polar surface area (TPSA) is 37.8 Å². The smallest absolute Gasteiger partial charge is 0.231 e. The summed E-state index contributed by atoms with van der Waals surface area (Å²) in [7, 11) is 0. The minimum absolute atomic E-state index is 0.272. The fourth-order valence-corrected chi connectivity index (χ4v) is 5.60. The molecule has 5 nitrogen and oxygen atoms in total. The van der Waals surface area contributed by atoms with E-state index in [2.05, 4.69) is 20.9 Å². The molecule has 1 saturated carbocycles. The normalized spacial score (nSPS) is 20.1. The van der Waals surface area contributed by atoms with Crippen LogP contribution in [0, 0.1) is 5.92 Å². The Labute approximate surface area is 190 Å². The van der Waals surface area contributed by atoms with Gasteiger partial charge in [0.2, 0.25) is 6.79 Å². The third-order valence-corrected chi connectivity index (χ3v) is 7.42. The number of ether oxygens (including phenoxy) is 2. The van der Waals surface area contributed by atoms with Gasteiger partial charge in [0.15, 0.2) is 11.5 Å². The molecule has 0 N–H and O–H groups in total. The molecular formula is C25H32ClN3O2. The van der Waals surface area contributed by atoms with Crippen LogP contribution in [0.25, 0.3) is 0 Å². The first-order valence-electron chi connectivity index (χ1n) is 11.7. The first-order valence-corrected chi connectivity index (χ1v) is 12.1. The van der Waals surface area contributed by atoms with Crippen molar-refractivity contribution in [2.75, 3.05) is 26.4 Å². The van der Waals surface area contributed by atoms with Crippen molar-refractivity contribution in [2.45, 2.75) is 57.7 Å². The van der Waals surface area contributed by atoms with Crippen LogP contribution in [0.5, 0.6) is 11.5 Å². The van der Waals surface area contributed by atoms with Gasteiger partial charge in [-0.3, -0.25) is 9.88 Å². The molecule has 2 aromatic rings. The SMILES string of the molecule is Clc1cc2c(cc1CN(Cc1cccnc1)CC1CCN(C3CCCC3)CC1)OCO2. The van der Waals surface area contributed by atoms with Crippen LogP contribution in [0.15, 0.2) is 36.7 Å². The van der Waals surface area contributed by atoms with Crippen molar-refractivity contribution < 1.29 is 9.47 Å². The molecule has 6 heteroatoms. The van der Waals surface area contributed by atoms with Gasteiger partial charge < -0.3 is 14.4 Å². The van der Waals surface area contributed by atoms with Gasteiger partial charge in [-0.05, 0) is 68.0 Å². The van der Waals surface area contributed by atoms with E-state index in [1.165, 1.54) is 57.2 Å². The van der Waals surface area contributed by atoms with Crippen LogP contribution < -0.4 is 9.47 Å². The molecule has 0 spiro atoms. The van der Waals surface area contributed by atoms with Gasteiger partial charge in [-0.25, -0.2) is 0 Å². The lowest BCUT2D eigenvalue weighted by molar-refractivity contribution is 0.107. The molecule has 3 heterocycles. The average molecular weight is 442 g/mol. The Morgan fingerprint density at radius 3 is 2.55 bits per heavy atom. The number of benzene rings is 1. The largest absolute Gasteiger partial charge is 0.454 e. The minimum atomic E-state index is 0.272. The third kappa shape index (κ3) is 5.16. The summed E-state index contributed by atoms with van der Waals surface area (Å²) in [6.45, 7) is 5.53. The zero-order valence-electron chi connectivity index (χ0n) is 18.1. The fourth-order valence-electron chi connectivity index (χ4n) is 5.39. The van der Waals surface area contributed by atoms with E-state index >= 15 is 0 Å². The van der Waals surface area contributed by atoms with Crippen molar-refractivity contribution in [3.05, 3.63) is 52.8 Å². The van der Waals surface area contributed by atoms with Crippen LogP contribution in [0.1, 0.15) is 49.7 Å². The Kier molecular flexibility index (Phi) is 6.63. The molecule has 2 aliphatic heterocycles. The molecule has 0 radical (unpaired) electrons. The molecule has 166 valence electrons. The molecule has 0 amide bonds. The number of likely N-dealkylation sites (tertiary alicyclic amines) is 1. The predicted octanol–water partition coefficient (Wildman–Crippen LogP) is 5.12. The van der Waals surface area contributed by atoms with Gasteiger partial charge in [-0.2, -0.15) is 0 Å². The fraction of sp³-hybridized carbons (Fsp3) is 0.560. The Hall–Kier alpha value is -1.82. The standard InChI is InChI=1S/C25H32ClN3O2/c26-23-13-25-24(30-18-31-25)12-21(23)17-28(16-20-4-3-9-27-14-20)15-19-7-10-29(11-8-19)22-5-1-2-6-22/h3-4,9,12-14,19,22H,1-2,5-8,10-11,15-18H2. The summed E-state index contributed by atoms with van der Waals surface area (Å²) in [5, 5.41) is 0.747. The highest BCUT2D eigenvalue weighted by atomic mass is 35.5. The molecule has 3 aliphatic rings. The van der Waals surface area contributed by atoms with Crippen molar-refractivity contribution in [3.8, 4) is 11.5 Å². The number of hydrogen-bond acceptors (Lipinski definition) is 5. The quantitative estimate of drug-likeness (QED) is 0.596. The highest BCUT2D eigenvalue weighted by molar-refractivity contribution is 6.31. The van der Waals surface area contributed by atoms with Gasteiger partial charge in [0, 0.05) is 49.2 Å². The second kappa shape index (κ2) is 9.76. The summed E-state index contributed by atoms with van der Waals surface area (Å²) in [5.41, 5.74) is 2.33. The maximum atomic E-state index is 6.61. The van der Waals surface area contributed by atoms with Crippen molar-refractivity contribution in [1.29, 1.82) is 0 Å². The van der Waals surface area contributed by atoms with Gasteiger partial charge in [0.25, 0.3) is 0 Å². The lowest BCUT2D eigenvalue weighted by Gasteiger charge is -2.38. The number of aromatic nitrogens is 1. The molecule has 1 aromatic carbocycles. The highest BCUT2D eigenvalue weighted by Crippen LogP contribution is 2.37. The summed E-state index contributed by atoms with van der Waals surface area (Å²) in [6.07, 6.45) is 12.0. The number of piperidine rings is 1. The van der Waals surface area contributed by atoms with Gasteiger partial charge in [0.1, 0.15) is 0 Å². The molecule has 0 atom stereocenters. The van der Waals surface area contributed by atoms with Crippen molar-refractivity contribution >= 4 is 11.6 Å². The first-order chi connectivity index (χ1) is 15.2. The first kappa shape index (κ1) is 21.0. The van der Waals surface area contributed by atoms with Gasteiger partial charge in [-0.1, -0.05) is 30.5 Å². The van der Waals surface area contributed by atoms with Gasteiger partial charge >= 0.3 is 0 Å². The van der Waals surface area contributed by atoms with Crippen LogP contribution in [-0.2, 0) is 13.1 Å². The highest BCUT2D eigenvalue weighted by Gasteiger charge is 2.28. The Morgan fingerprint density at radius 2 is 1.81 bits per heavy atom. The van der Waals surface area contributed by atoms with E-state index < -0.39 is 0 Å². The van der Waals surface area contributed by atoms with E-state index in [0.29, 0.717) is 0 Å². The van der Waals surface area contributed by atoms with Crippen LogP contribution in [-0.4, -0.2) is 47.3 Å². The molecule has 31 heavy (non-hydrogen) atoms. The number of rotatable bonds is 7. The summed E-state index contributed by atoms with van der Waals surface area (Å²) >= 11 is 6.61. The summed E-state index contributed by atoms with van der Waals surface area (Å²) in [4.78, 5) is 9.59. The van der Waals surface area contributed by atoms with Crippen molar-refractivity contribution in [1.82, 2.24) is 14.8 Å². The van der Waals surface area contributed by atoms with Crippen molar-refractivity contribution in [2.24, 2.45) is 5.92 Å². The number of nitrogens with zero attached hydrogens (tertiary/aromatic N) is 3. The van der Waals surface area contributed by atoms with Crippen LogP contribution in [0.4, 0.5) is 0 Å². The molecule has 0 unspecified atom stereocenters. The molecule has 0 bridgehead atoms. The van der Waals surface area contributed by atoms with E-state index in [0.717, 1.165) is 53.7 Å². The van der Waals surface area contributed by atoms with E-state index in [-0.39, 0.29) is 6.79 Å². The molecule has 5 rings (SSSR count). The number of fused-ring (bicyclic) bond motifs is 1. The summed E-state index contributed by atoms with van der Waals surface area (Å²) in [6, 6.07) is 8.95. The summed E-state index contributed by atoms with van der Waals surface area (Å²) in [5.74, 6) is 2.26. The second-order valence-electron chi connectivity index (χ2n) is 9.25. The summed E-state index contributed by atoms with van der Waals surface area (Å²) < 4.78 is 11.1. The Bertz CT molecular complexity index is 865. The molecule has 2 fully saturated rings. The van der Waals surface area contributed by atoms with Gasteiger partial charge in [-0.15, -0.1) is 0 Å². The Morgan fingerprint density at radius 1 is 1.03 bits per heavy atom. The lowest BCUT2D eigenvalue weighted by Crippen LogP contribution is -2.42. The minimum Gasteiger partial charge on any atom is -0.454 e. The maximum absolute atomic E-state index is 6.61. The number of hydrogen-bond donors (Lipinski definition) is 0. The monoisotopic (exact) mass is 441 g/mol. The van der Waals surface area contributed by atoms with E-state index in [1.54, 1.807) is 0 Å². The number of pyridine rings is 1. The molecule has 1 aromatic heterocycles. The zero-order chi connectivity index (χ0) is 21.0. The van der Waals surface area contributed by atoms with Crippen LogP contribution in [0.3, 0.4) is 0 Å². The zero-order valence-corrected chi connectivity index (χ0v) is 18.9. The average Bonchev–Trinajstić information content (AvgIpc) is 3.47. The Balaban J connectivity index is 1.26.